The molecule has 2 N–H and O–H groups in total. The van der Waals surface area contributed by atoms with Crippen molar-refractivity contribution in [1.82, 2.24) is 25.0 Å². The summed E-state index contributed by atoms with van der Waals surface area (Å²) in [5, 5.41) is 6.65. The number of fused-ring (bicyclic) bond motifs is 1. The van der Waals surface area contributed by atoms with E-state index >= 15 is 0 Å². The molecule has 3 heterocycles. The highest BCUT2D eigenvalue weighted by Crippen LogP contribution is 2.22. The van der Waals surface area contributed by atoms with Crippen molar-refractivity contribution < 1.29 is 13.7 Å². The van der Waals surface area contributed by atoms with Gasteiger partial charge in [-0.15, -0.1) is 0 Å². The number of benzene rings is 1. The molecule has 10 heteroatoms. The first-order valence-electron chi connectivity index (χ1n) is 8.93. The lowest BCUT2D eigenvalue weighted by Gasteiger charge is -2.08. The monoisotopic (exact) mass is 395 g/mol. The smallest absolute Gasteiger partial charge is 0.316 e. The second kappa shape index (κ2) is 7.23. The molecule has 4 rings (SSSR count). The molecule has 3 aromatic heterocycles. The molecule has 0 spiro atoms. The van der Waals surface area contributed by atoms with Crippen LogP contribution in [0.25, 0.3) is 22.4 Å². The van der Waals surface area contributed by atoms with Gasteiger partial charge in [0.15, 0.2) is 5.76 Å². The number of furan rings is 1. The first kappa shape index (κ1) is 18.4. The van der Waals surface area contributed by atoms with E-state index in [0.717, 1.165) is 0 Å². The van der Waals surface area contributed by atoms with Gasteiger partial charge in [0.05, 0.1) is 17.3 Å². The number of rotatable bonds is 5. The molecule has 0 saturated carbocycles. The molecule has 0 aliphatic rings. The minimum Gasteiger partial charge on any atom is -0.459 e. The van der Waals surface area contributed by atoms with Gasteiger partial charge in [0.2, 0.25) is 11.7 Å². The number of carbonyl (C=O) groups is 1. The van der Waals surface area contributed by atoms with Gasteiger partial charge < -0.3 is 23.8 Å². The second-order valence-electron chi connectivity index (χ2n) is 6.36. The van der Waals surface area contributed by atoms with Crippen molar-refractivity contribution in [3.63, 3.8) is 0 Å². The van der Waals surface area contributed by atoms with Crippen LogP contribution in [0.1, 0.15) is 36.3 Å². The van der Waals surface area contributed by atoms with E-state index in [1.165, 1.54) is 10.8 Å². The number of carbonyl (C=O) groups excluding carboxylic acids is 1. The van der Waals surface area contributed by atoms with E-state index in [9.17, 15) is 14.4 Å². The highest BCUT2D eigenvalue weighted by atomic mass is 16.5. The lowest BCUT2D eigenvalue weighted by atomic mass is 10.2. The van der Waals surface area contributed by atoms with E-state index in [-0.39, 0.29) is 17.5 Å². The molecule has 0 radical (unpaired) electrons. The molecule has 0 aliphatic carbocycles. The largest absolute Gasteiger partial charge is 0.459 e. The number of amides is 1. The Hall–Kier alpha value is -3.95. The van der Waals surface area contributed by atoms with Crippen LogP contribution in [-0.2, 0) is 6.54 Å². The molecule has 10 nitrogen and oxygen atoms in total. The Kier molecular flexibility index (Phi) is 4.59. The minimum atomic E-state index is -0.695. The van der Waals surface area contributed by atoms with E-state index in [2.05, 4.69) is 20.4 Å². The van der Waals surface area contributed by atoms with Crippen LogP contribution < -0.4 is 16.4 Å². The van der Waals surface area contributed by atoms with Crippen LogP contribution in [0, 0.1) is 0 Å². The molecule has 1 aromatic carbocycles. The van der Waals surface area contributed by atoms with Crippen LogP contribution in [0.2, 0.25) is 0 Å². The number of nitrogens with one attached hydrogen (secondary N) is 2. The zero-order chi connectivity index (χ0) is 20.5. The Labute approximate surface area is 163 Å². The van der Waals surface area contributed by atoms with Gasteiger partial charge in [0.1, 0.15) is 6.04 Å². The molecule has 0 aliphatic heterocycles. The third-order valence-corrected chi connectivity index (χ3v) is 4.45. The first-order chi connectivity index (χ1) is 14.0. The Morgan fingerprint density at radius 1 is 1.31 bits per heavy atom. The Balaban J connectivity index is 1.63. The number of hydrogen-bond donors (Lipinski definition) is 2. The number of nitrogens with zero attached hydrogens (tertiary/aromatic N) is 3. The number of H-pyrrole nitrogens is 1. The molecule has 0 fully saturated rings. The van der Waals surface area contributed by atoms with Crippen LogP contribution in [0.4, 0.5) is 0 Å². The maximum Gasteiger partial charge on any atom is 0.316 e. The van der Waals surface area contributed by atoms with Gasteiger partial charge in [0.25, 0.3) is 5.91 Å². The van der Waals surface area contributed by atoms with Gasteiger partial charge in [-0.05, 0) is 44.2 Å². The van der Waals surface area contributed by atoms with Crippen molar-refractivity contribution in [2.75, 3.05) is 0 Å². The predicted molar refractivity (Wildman–Crippen MR) is 102 cm³/mol. The third-order valence-electron chi connectivity index (χ3n) is 4.45. The zero-order valence-corrected chi connectivity index (χ0v) is 15.6. The van der Waals surface area contributed by atoms with E-state index < -0.39 is 23.1 Å². The first-order valence-corrected chi connectivity index (χ1v) is 8.93. The van der Waals surface area contributed by atoms with Crippen LogP contribution in [0.3, 0.4) is 0 Å². The fourth-order valence-corrected chi connectivity index (χ4v) is 3.00. The zero-order valence-electron chi connectivity index (χ0n) is 15.6. The molecule has 29 heavy (non-hydrogen) atoms. The van der Waals surface area contributed by atoms with Crippen LogP contribution >= 0.6 is 0 Å². The minimum absolute atomic E-state index is 0.178. The van der Waals surface area contributed by atoms with Gasteiger partial charge in [-0.1, -0.05) is 5.16 Å². The lowest BCUT2D eigenvalue weighted by molar-refractivity contribution is 0.0904. The van der Waals surface area contributed by atoms with Crippen molar-refractivity contribution in [2.45, 2.75) is 26.4 Å². The van der Waals surface area contributed by atoms with Crippen molar-refractivity contribution in [3.8, 4) is 11.4 Å². The average Bonchev–Trinajstić information content (AvgIpc) is 3.41. The number of hydrogen-bond acceptors (Lipinski definition) is 7. The quantitative estimate of drug-likeness (QED) is 0.492. The van der Waals surface area contributed by atoms with E-state index in [0.29, 0.717) is 23.1 Å². The van der Waals surface area contributed by atoms with Crippen molar-refractivity contribution in [3.05, 3.63) is 69.0 Å². The molecular weight excluding hydrogens is 378 g/mol. The van der Waals surface area contributed by atoms with Gasteiger partial charge in [-0.25, -0.2) is 0 Å². The van der Waals surface area contributed by atoms with E-state index in [1.807, 2.05) is 0 Å². The summed E-state index contributed by atoms with van der Waals surface area (Å²) in [5.74, 6) is 0.281. The summed E-state index contributed by atoms with van der Waals surface area (Å²) in [4.78, 5) is 42.8. The second-order valence-corrected chi connectivity index (χ2v) is 6.36. The molecule has 0 unspecified atom stereocenters. The Morgan fingerprint density at radius 3 is 2.86 bits per heavy atom. The predicted octanol–water partition coefficient (Wildman–Crippen LogP) is 1.84. The van der Waals surface area contributed by atoms with Crippen LogP contribution in [-0.4, -0.2) is 25.6 Å². The maximum atomic E-state index is 12.1. The third kappa shape index (κ3) is 3.35. The molecule has 0 saturated heterocycles. The molecule has 1 amide bonds. The Morgan fingerprint density at radius 2 is 2.14 bits per heavy atom. The Bertz CT molecular complexity index is 1300. The van der Waals surface area contributed by atoms with Crippen molar-refractivity contribution in [1.29, 1.82) is 0 Å². The molecule has 148 valence electrons. The topological polar surface area (TPSA) is 136 Å². The lowest BCUT2D eigenvalue weighted by Crippen LogP contribution is -2.35. The molecule has 0 bridgehead atoms. The number of aromatic nitrogens is 4. The van der Waals surface area contributed by atoms with Gasteiger partial charge in [-0.3, -0.25) is 14.4 Å². The molecule has 1 atom stereocenters. The number of aryl methyl sites for hydroxylation is 1. The maximum absolute atomic E-state index is 12.1. The summed E-state index contributed by atoms with van der Waals surface area (Å²) in [7, 11) is 0. The van der Waals surface area contributed by atoms with E-state index in [4.69, 9.17) is 8.94 Å². The fraction of sp³-hybridized carbons (Fsp3) is 0.211. The van der Waals surface area contributed by atoms with Gasteiger partial charge in [0, 0.05) is 12.1 Å². The summed E-state index contributed by atoms with van der Waals surface area (Å²) in [6.07, 6.45) is 1.41. The van der Waals surface area contributed by atoms with Crippen molar-refractivity contribution >= 4 is 16.9 Å². The van der Waals surface area contributed by atoms with Crippen LogP contribution in [0.5, 0.6) is 0 Å². The summed E-state index contributed by atoms with van der Waals surface area (Å²) >= 11 is 0. The summed E-state index contributed by atoms with van der Waals surface area (Å²) in [5.41, 5.74) is 0.382. The van der Waals surface area contributed by atoms with Gasteiger partial charge >= 0.3 is 11.1 Å². The van der Waals surface area contributed by atoms with Crippen LogP contribution in [0.15, 0.2) is 55.1 Å². The number of aromatic amines is 1. The summed E-state index contributed by atoms with van der Waals surface area (Å²) in [6, 6.07) is 7.73. The van der Waals surface area contributed by atoms with Gasteiger partial charge in [-0.2, -0.15) is 4.98 Å². The van der Waals surface area contributed by atoms with Crippen molar-refractivity contribution in [2.24, 2.45) is 0 Å². The standard InChI is InChI=1S/C19H17N5O5/c1-3-24-13-7-6-11(9-12(13)21-17(26)19(24)27)15-22-18(29-23-15)10(2)20-16(25)14-5-4-8-28-14/h4-10H,3H2,1-2H3,(H,20,25)(H,21,26)/t10-/m1/s1. The molecule has 4 aromatic rings. The summed E-state index contributed by atoms with van der Waals surface area (Å²) < 4.78 is 11.7. The fourth-order valence-electron chi connectivity index (χ4n) is 3.00. The summed E-state index contributed by atoms with van der Waals surface area (Å²) in [6.45, 7) is 3.87. The average molecular weight is 395 g/mol. The normalized spacial score (nSPS) is 12.2. The SMILES string of the molecule is CCn1c(=O)c(=O)[nH]c2cc(-c3noc([C@@H](C)NC(=O)c4ccco4)n3)ccc21. The molecular formula is C19H17N5O5. The van der Waals surface area contributed by atoms with E-state index in [1.54, 1.807) is 44.2 Å². The highest BCUT2D eigenvalue weighted by Gasteiger charge is 2.19. The highest BCUT2D eigenvalue weighted by molar-refractivity contribution is 5.91.